The normalized spacial score (nSPS) is 18.8. The summed E-state index contributed by atoms with van der Waals surface area (Å²) in [7, 11) is 0. The molecular weight excluding hydrogens is 646 g/mol. The van der Waals surface area contributed by atoms with Gasteiger partial charge in [0.25, 0.3) is 5.69 Å². The molecule has 0 radical (unpaired) electrons. The minimum absolute atomic E-state index is 0.0645. The molecule has 1 amide bonds. The summed E-state index contributed by atoms with van der Waals surface area (Å²) >= 11 is 0. The number of piperazine rings is 1. The maximum atomic E-state index is 13.3. The molecule has 3 aromatic carbocycles. The molecule has 1 heterocycles. The lowest BCUT2D eigenvalue weighted by atomic mass is 9.92. The van der Waals surface area contributed by atoms with Crippen LogP contribution in [-0.4, -0.2) is 60.7 Å². The molecule has 1 saturated carbocycles. The minimum Gasteiger partial charge on any atom is -0.489 e. The summed E-state index contributed by atoms with van der Waals surface area (Å²) < 4.78 is 89.8. The van der Waals surface area contributed by atoms with Gasteiger partial charge >= 0.3 is 12.4 Å². The van der Waals surface area contributed by atoms with Crippen LogP contribution >= 0.6 is 0 Å². The molecule has 258 valence electrons. The number of carbonyl (C=O) groups is 1. The van der Waals surface area contributed by atoms with Gasteiger partial charge in [0.05, 0.1) is 16.6 Å². The summed E-state index contributed by atoms with van der Waals surface area (Å²) in [6.07, 6.45) is -6.95. The number of ether oxygens (including phenoxy) is 2. The van der Waals surface area contributed by atoms with Crippen molar-refractivity contribution < 1.29 is 45.5 Å². The van der Waals surface area contributed by atoms with E-state index in [-0.39, 0.29) is 37.0 Å². The number of hydrogen-bond acceptors (Lipinski definition) is 7. The van der Waals surface area contributed by atoms with Crippen molar-refractivity contribution in [3.8, 4) is 5.75 Å². The number of rotatable bonds is 10. The van der Waals surface area contributed by atoms with E-state index in [0.717, 1.165) is 30.0 Å². The van der Waals surface area contributed by atoms with Gasteiger partial charge in [-0.25, -0.2) is 0 Å². The second kappa shape index (κ2) is 14.7. The topological polar surface area (TPSA) is 97.2 Å². The molecule has 5 rings (SSSR count). The van der Waals surface area contributed by atoms with E-state index in [1.807, 2.05) is 12.1 Å². The van der Waals surface area contributed by atoms with Gasteiger partial charge in [0, 0.05) is 49.7 Å². The second-order valence-electron chi connectivity index (χ2n) is 11.8. The van der Waals surface area contributed by atoms with E-state index in [1.165, 1.54) is 18.2 Å². The number of hydrogen-bond donors (Lipinski definition) is 1. The lowest BCUT2D eigenvalue weighted by Gasteiger charge is -2.36. The van der Waals surface area contributed by atoms with Crippen LogP contribution < -0.4 is 15.0 Å². The van der Waals surface area contributed by atoms with Gasteiger partial charge in [0.15, 0.2) is 0 Å². The van der Waals surface area contributed by atoms with Crippen LogP contribution in [0, 0.1) is 10.1 Å². The van der Waals surface area contributed by atoms with Gasteiger partial charge in [-0.05, 0) is 79.8 Å². The van der Waals surface area contributed by atoms with Crippen molar-refractivity contribution in [1.29, 1.82) is 0 Å². The van der Waals surface area contributed by atoms with Crippen LogP contribution in [0.5, 0.6) is 5.75 Å². The van der Waals surface area contributed by atoms with Crippen molar-refractivity contribution in [2.24, 2.45) is 0 Å². The molecule has 2 fully saturated rings. The minimum atomic E-state index is -4.85. The zero-order chi connectivity index (χ0) is 34.5. The fourth-order valence-corrected chi connectivity index (χ4v) is 5.83. The standard InChI is InChI=1S/C33H34F6N4O5/c34-32(35,36)23-3-1-22(2-4-23)20-47-28-12-8-26(9-13-28)41-15-17-42(18-16-41)31(44)21-48-27-10-5-24(6-11-27)40-25-7-14-30(43(45)46)29(19-25)33(37,38)39/h1-4,7-9,12-14,19,24,27,40H,5-6,10-11,15-18,20-21H2/t24-,27-. The molecule has 2 aliphatic rings. The molecular formula is C33H34F6N4O5. The van der Waals surface area contributed by atoms with Gasteiger partial charge in [-0.3, -0.25) is 14.9 Å². The number of nitro groups is 1. The average molecular weight is 681 g/mol. The number of amides is 1. The molecule has 0 aromatic heterocycles. The molecule has 1 saturated heterocycles. The van der Waals surface area contributed by atoms with E-state index in [2.05, 4.69) is 10.2 Å². The number of nitro benzene ring substituents is 1. The number of carbonyl (C=O) groups excluding carboxylic acids is 1. The predicted octanol–water partition coefficient (Wildman–Crippen LogP) is 7.30. The summed E-state index contributed by atoms with van der Waals surface area (Å²) in [6, 6.07) is 15.0. The lowest BCUT2D eigenvalue weighted by molar-refractivity contribution is -0.388. The van der Waals surface area contributed by atoms with Gasteiger partial charge < -0.3 is 24.6 Å². The molecule has 0 bridgehead atoms. The monoisotopic (exact) mass is 680 g/mol. The SMILES string of the molecule is O=C(CO[C@H]1CC[C@H](Nc2ccc([N+](=O)[O-])c(C(F)(F)F)c2)CC1)N1CCN(c2ccc(OCc3ccc(C(F)(F)F)cc3)cc2)CC1. The molecule has 0 spiro atoms. The Balaban J connectivity index is 1.00. The zero-order valence-corrected chi connectivity index (χ0v) is 25.7. The third-order valence-electron chi connectivity index (χ3n) is 8.51. The Bertz CT molecular complexity index is 1550. The molecule has 15 heteroatoms. The van der Waals surface area contributed by atoms with Gasteiger partial charge in [-0.2, -0.15) is 26.3 Å². The number of halogens is 6. The van der Waals surface area contributed by atoms with Gasteiger partial charge in [0.2, 0.25) is 5.91 Å². The molecule has 0 atom stereocenters. The van der Waals surface area contributed by atoms with Crippen molar-refractivity contribution in [2.75, 3.05) is 43.0 Å². The highest BCUT2D eigenvalue weighted by molar-refractivity contribution is 5.77. The Kier molecular flexibility index (Phi) is 10.7. The van der Waals surface area contributed by atoms with Crippen molar-refractivity contribution in [3.63, 3.8) is 0 Å². The van der Waals surface area contributed by atoms with Crippen molar-refractivity contribution in [2.45, 2.75) is 56.8 Å². The number of nitrogens with zero attached hydrogens (tertiary/aromatic N) is 3. The Morgan fingerprint density at radius 3 is 2.08 bits per heavy atom. The molecule has 1 N–H and O–H groups in total. The van der Waals surface area contributed by atoms with Crippen LogP contribution in [-0.2, 0) is 28.5 Å². The maximum Gasteiger partial charge on any atom is 0.423 e. The second-order valence-corrected chi connectivity index (χ2v) is 11.8. The van der Waals surface area contributed by atoms with E-state index in [0.29, 0.717) is 63.2 Å². The average Bonchev–Trinajstić information content (AvgIpc) is 3.06. The maximum absolute atomic E-state index is 13.3. The summed E-state index contributed by atoms with van der Waals surface area (Å²) in [5, 5.41) is 14.0. The number of benzene rings is 3. The fraction of sp³-hybridized carbons (Fsp3) is 0.424. The largest absolute Gasteiger partial charge is 0.489 e. The first-order valence-electron chi connectivity index (χ1n) is 15.4. The van der Waals surface area contributed by atoms with E-state index >= 15 is 0 Å². The summed E-state index contributed by atoms with van der Waals surface area (Å²) in [4.78, 5) is 26.7. The highest BCUT2D eigenvalue weighted by Gasteiger charge is 2.38. The van der Waals surface area contributed by atoms with Gasteiger partial charge in [-0.1, -0.05) is 12.1 Å². The molecule has 48 heavy (non-hydrogen) atoms. The van der Waals surface area contributed by atoms with Gasteiger partial charge in [-0.15, -0.1) is 0 Å². The summed E-state index contributed by atoms with van der Waals surface area (Å²) in [6.45, 7) is 2.33. The zero-order valence-electron chi connectivity index (χ0n) is 25.7. The van der Waals surface area contributed by atoms with Crippen LogP contribution in [0.2, 0.25) is 0 Å². The van der Waals surface area contributed by atoms with E-state index in [4.69, 9.17) is 9.47 Å². The van der Waals surface area contributed by atoms with E-state index in [9.17, 15) is 41.3 Å². The summed E-state index contributed by atoms with van der Waals surface area (Å²) in [5.74, 6) is 0.462. The predicted molar refractivity (Wildman–Crippen MR) is 165 cm³/mol. The van der Waals surface area contributed by atoms with Crippen molar-refractivity contribution >= 4 is 23.0 Å². The molecule has 1 aliphatic heterocycles. The lowest BCUT2D eigenvalue weighted by Crippen LogP contribution is -2.50. The third-order valence-corrected chi connectivity index (χ3v) is 8.51. The Morgan fingerprint density at radius 1 is 0.854 bits per heavy atom. The van der Waals surface area contributed by atoms with Crippen molar-refractivity contribution in [3.05, 3.63) is 93.5 Å². The van der Waals surface area contributed by atoms with Crippen LogP contribution in [0.15, 0.2) is 66.7 Å². The summed E-state index contributed by atoms with van der Waals surface area (Å²) in [5.41, 5.74) is -1.27. The van der Waals surface area contributed by atoms with Crippen LogP contribution in [0.25, 0.3) is 0 Å². The Labute approximate surface area is 272 Å². The first-order valence-corrected chi connectivity index (χ1v) is 15.4. The van der Waals surface area contributed by atoms with Crippen LogP contribution in [0.1, 0.15) is 42.4 Å². The van der Waals surface area contributed by atoms with Crippen LogP contribution in [0.4, 0.5) is 43.4 Å². The van der Waals surface area contributed by atoms with E-state index < -0.39 is 34.1 Å². The number of nitrogens with one attached hydrogen (secondary N) is 1. The molecule has 3 aromatic rings. The smallest absolute Gasteiger partial charge is 0.423 e. The highest BCUT2D eigenvalue weighted by Crippen LogP contribution is 2.38. The highest BCUT2D eigenvalue weighted by atomic mass is 19.4. The Hall–Kier alpha value is -4.53. The van der Waals surface area contributed by atoms with Gasteiger partial charge in [0.1, 0.15) is 24.5 Å². The van der Waals surface area contributed by atoms with E-state index in [1.54, 1.807) is 17.0 Å². The number of anilines is 2. The molecule has 0 unspecified atom stereocenters. The quantitative estimate of drug-likeness (QED) is 0.136. The van der Waals surface area contributed by atoms with Crippen LogP contribution in [0.3, 0.4) is 0 Å². The van der Waals surface area contributed by atoms with Crippen molar-refractivity contribution in [1.82, 2.24) is 4.90 Å². The number of alkyl halides is 6. The Morgan fingerprint density at radius 2 is 1.50 bits per heavy atom. The third kappa shape index (κ3) is 9.08. The molecule has 9 nitrogen and oxygen atoms in total. The first kappa shape index (κ1) is 34.8. The molecule has 1 aliphatic carbocycles. The fourth-order valence-electron chi connectivity index (χ4n) is 5.83. The first-order chi connectivity index (χ1) is 22.8.